The van der Waals surface area contributed by atoms with Gasteiger partial charge in [-0.05, 0) is 54.9 Å². The van der Waals surface area contributed by atoms with Crippen molar-refractivity contribution in [2.75, 3.05) is 23.3 Å². The first kappa shape index (κ1) is 18.6. The number of aromatic nitrogens is 2. The maximum absolute atomic E-state index is 4.90. The number of hydrogen-bond acceptors (Lipinski definition) is 5. The van der Waals surface area contributed by atoms with Crippen molar-refractivity contribution >= 4 is 23.7 Å². The minimum atomic E-state index is 0.795. The summed E-state index contributed by atoms with van der Waals surface area (Å²) in [6.07, 6.45) is 11.7. The summed E-state index contributed by atoms with van der Waals surface area (Å²) in [5.41, 5.74) is 4.56. The quantitative estimate of drug-likeness (QED) is 0.775. The highest BCUT2D eigenvalue weighted by Crippen LogP contribution is 2.35. The lowest BCUT2D eigenvalue weighted by molar-refractivity contribution is 0.220. The number of benzene rings is 1. The van der Waals surface area contributed by atoms with E-state index in [1.165, 1.54) is 56.1 Å². The van der Waals surface area contributed by atoms with Crippen LogP contribution < -0.4 is 10.2 Å². The Balaban J connectivity index is 1.33. The number of aliphatic imine (C=N–C) groups is 1. The van der Waals surface area contributed by atoms with Crippen molar-refractivity contribution in [1.82, 2.24) is 9.97 Å². The van der Waals surface area contributed by atoms with Crippen molar-refractivity contribution < 1.29 is 0 Å². The largest absolute Gasteiger partial charge is 0.340 e. The Labute approximate surface area is 173 Å². The number of rotatable bonds is 4. The van der Waals surface area contributed by atoms with Crippen molar-refractivity contribution in [1.29, 1.82) is 0 Å². The molecule has 5 rings (SSSR count). The SMILES string of the molecule is Cc1cc(Nc2ccc3c(c2)C=NC3)nc(N2CCCC(C3CCCCC3)C2)n1. The monoisotopic (exact) mass is 389 g/mol. The lowest BCUT2D eigenvalue weighted by Crippen LogP contribution is -2.40. The molecule has 2 aromatic rings. The van der Waals surface area contributed by atoms with Crippen LogP contribution in [0.4, 0.5) is 17.5 Å². The van der Waals surface area contributed by atoms with Gasteiger partial charge in [0.15, 0.2) is 0 Å². The molecule has 1 aromatic carbocycles. The van der Waals surface area contributed by atoms with E-state index in [4.69, 9.17) is 9.97 Å². The van der Waals surface area contributed by atoms with Crippen LogP contribution in [0.3, 0.4) is 0 Å². The lowest BCUT2D eigenvalue weighted by Gasteiger charge is -2.38. The van der Waals surface area contributed by atoms with Crippen LogP contribution in [-0.4, -0.2) is 29.3 Å². The van der Waals surface area contributed by atoms with E-state index in [1.807, 2.05) is 12.3 Å². The van der Waals surface area contributed by atoms with Gasteiger partial charge in [-0.1, -0.05) is 38.2 Å². The summed E-state index contributed by atoms with van der Waals surface area (Å²) in [5, 5.41) is 3.49. The molecular weight excluding hydrogens is 358 g/mol. The summed E-state index contributed by atoms with van der Waals surface area (Å²) >= 11 is 0. The lowest BCUT2D eigenvalue weighted by atomic mass is 9.76. The van der Waals surface area contributed by atoms with E-state index in [-0.39, 0.29) is 0 Å². The Bertz CT molecular complexity index is 900. The number of fused-ring (bicyclic) bond motifs is 1. The van der Waals surface area contributed by atoms with Gasteiger partial charge >= 0.3 is 0 Å². The fraction of sp³-hybridized carbons (Fsp3) is 0.542. The van der Waals surface area contributed by atoms with Crippen LogP contribution in [0.25, 0.3) is 0 Å². The van der Waals surface area contributed by atoms with E-state index in [2.05, 4.69) is 40.3 Å². The molecular formula is C24H31N5. The minimum absolute atomic E-state index is 0.795. The topological polar surface area (TPSA) is 53.4 Å². The van der Waals surface area contributed by atoms with Crippen molar-refractivity contribution in [3.63, 3.8) is 0 Å². The molecule has 5 heteroatoms. The first-order valence-electron chi connectivity index (χ1n) is 11.2. The summed E-state index contributed by atoms with van der Waals surface area (Å²) < 4.78 is 0. The van der Waals surface area contributed by atoms with Crippen LogP contribution in [0.1, 0.15) is 61.8 Å². The molecule has 1 aromatic heterocycles. The molecule has 3 aliphatic rings. The van der Waals surface area contributed by atoms with E-state index in [9.17, 15) is 0 Å². The number of nitrogens with one attached hydrogen (secondary N) is 1. The van der Waals surface area contributed by atoms with Gasteiger partial charge in [-0.25, -0.2) is 4.98 Å². The molecule has 1 unspecified atom stereocenters. The van der Waals surface area contributed by atoms with Crippen LogP contribution in [0, 0.1) is 18.8 Å². The zero-order valence-corrected chi connectivity index (χ0v) is 17.4. The highest BCUT2D eigenvalue weighted by molar-refractivity contribution is 5.86. The molecule has 3 heterocycles. The fourth-order valence-electron chi connectivity index (χ4n) is 5.27. The number of nitrogens with zero attached hydrogens (tertiary/aromatic N) is 4. The molecule has 2 aliphatic heterocycles. The van der Waals surface area contributed by atoms with Crippen LogP contribution in [0.5, 0.6) is 0 Å². The van der Waals surface area contributed by atoms with Gasteiger partial charge in [-0.2, -0.15) is 4.98 Å². The third kappa shape index (κ3) is 4.14. The second kappa shape index (κ2) is 8.13. The normalized spacial score (nSPS) is 22.0. The molecule has 1 atom stereocenters. The highest BCUT2D eigenvalue weighted by atomic mass is 15.3. The maximum atomic E-state index is 4.90. The molecule has 0 spiro atoms. The number of aryl methyl sites for hydroxylation is 1. The van der Waals surface area contributed by atoms with Gasteiger partial charge in [0.05, 0.1) is 6.54 Å². The van der Waals surface area contributed by atoms with E-state index < -0.39 is 0 Å². The summed E-state index contributed by atoms with van der Waals surface area (Å²) in [5.74, 6) is 3.47. The first-order valence-corrected chi connectivity index (χ1v) is 11.2. The average molecular weight is 390 g/mol. The molecule has 5 nitrogen and oxygen atoms in total. The van der Waals surface area contributed by atoms with Crippen molar-refractivity contribution in [2.24, 2.45) is 16.8 Å². The Morgan fingerprint density at radius 1 is 0.966 bits per heavy atom. The Morgan fingerprint density at radius 3 is 2.72 bits per heavy atom. The molecule has 0 amide bonds. The second-order valence-electron chi connectivity index (χ2n) is 8.95. The molecule has 1 N–H and O–H groups in total. The van der Waals surface area contributed by atoms with E-state index in [1.54, 1.807) is 0 Å². The third-order valence-corrected chi connectivity index (χ3v) is 6.81. The zero-order valence-electron chi connectivity index (χ0n) is 17.4. The summed E-state index contributed by atoms with van der Waals surface area (Å²) in [6, 6.07) is 8.46. The van der Waals surface area contributed by atoms with Crippen LogP contribution >= 0.6 is 0 Å². The van der Waals surface area contributed by atoms with Crippen molar-refractivity contribution in [3.05, 3.63) is 41.1 Å². The number of piperidine rings is 1. The van der Waals surface area contributed by atoms with Crippen molar-refractivity contribution in [2.45, 2.75) is 58.4 Å². The average Bonchev–Trinajstić information content (AvgIpc) is 3.22. The molecule has 1 saturated heterocycles. The minimum Gasteiger partial charge on any atom is -0.340 e. The number of anilines is 3. The van der Waals surface area contributed by atoms with Crippen LogP contribution in [0.2, 0.25) is 0 Å². The van der Waals surface area contributed by atoms with E-state index in [0.29, 0.717) is 0 Å². The van der Waals surface area contributed by atoms with Gasteiger partial charge in [0.25, 0.3) is 0 Å². The Hall–Kier alpha value is -2.43. The Kier molecular flexibility index (Phi) is 5.21. The zero-order chi connectivity index (χ0) is 19.6. The number of hydrogen-bond donors (Lipinski definition) is 1. The van der Waals surface area contributed by atoms with Gasteiger partial charge in [-0.15, -0.1) is 0 Å². The van der Waals surface area contributed by atoms with Gasteiger partial charge in [0, 0.05) is 36.8 Å². The van der Waals surface area contributed by atoms with Gasteiger partial charge in [0.2, 0.25) is 5.95 Å². The standard InChI is InChI=1S/C24H31N5/c1-17-12-23(27-22-10-9-19-14-25-15-21(19)13-22)28-24(26-17)29-11-5-8-20(16-29)18-6-3-2-4-7-18/h9-10,12-13,15,18,20H,2-8,11,14,16H2,1H3,(H,26,27,28). The highest BCUT2D eigenvalue weighted by Gasteiger charge is 2.29. The van der Waals surface area contributed by atoms with Crippen LogP contribution in [0.15, 0.2) is 29.3 Å². The van der Waals surface area contributed by atoms with Crippen molar-refractivity contribution in [3.8, 4) is 0 Å². The Morgan fingerprint density at radius 2 is 1.83 bits per heavy atom. The van der Waals surface area contributed by atoms with Crippen LogP contribution in [-0.2, 0) is 6.54 Å². The first-order chi connectivity index (χ1) is 14.2. The molecule has 0 radical (unpaired) electrons. The van der Waals surface area contributed by atoms with E-state index in [0.717, 1.165) is 54.6 Å². The molecule has 29 heavy (non-hydrogen) atoms. The maximum Gasteiger partial charge on any atom is 0.227 e. The summed E-state index contributed by atoms with van der Waals surface area (Å²) in [4.78, 5) is 16.5. The predicted molar refractivity (Wildman–Crippen MR) is 119 cm³/mol. The fourth-order valence-corrected chi connectivity index (χ4v) is 5.27. The molecule has 152 valence electrons. The van der Waals surface area contributed by atoms with Gasteiger partial charge < -0.3 is 10.2 Å². The van der Waals surface area contributed by atoms with Gasteiger partial charge in [0.1, 0.15) is 5.82 Å². The summed E-state index contributed by atoms with van der Waals surface area (Å²) in [6.45, 7) is 5.04. The molecule has 1 aliphatic carbocycles. The predicted octanol–water partition coefficient (Wildman–Crippen LogP) is 5.26. The smallest absolute Gasteiger partial charge is 0.227 e. The van der Waals surface area contributed by atoms with Gasteiger partial charge in [-0.3, -0.25) is 4.99 Å². The molecule has 1 saturated carbocycles. The second-order valence-corrected chi connectivity index (χ2v) is 8.95. The molecule has 0 bridgehead atoms. The van der Waals surface area contributed by atoms with E-state index >= 15 is 0 Å². The molecule has 2 fully saturated rings. The third-order valence-electron chi connectivity index (χ3n) is 6.81. The summed E-state index contributed by atoms with van der Waals surface area (Å²) in [7, 11) is 0.